The highest BCUT2D eigenvalue weighted by Gasteiger charge is 2.25. The summed E-state index contributed by atoms with van der Waals surface area (Å²) < 4.78 is 0. The SMILES string of the molecule is CCN(CC)CC(CC(=O)O)C(=O)c1ccc(Cl)c(C)c1. The highest BCUT2D eigenvalue weighted by molar-refractivity contribution is 6.31. The van der Waals surface area contributed by atoms with Crippen LogP contribution in [0.2, 0.25) is 5.02 Å². The molecule has 1 aromatic rings. The molecule has 0 radical (unpaired) electrons. The third kappa shape index (κ3) is 5.14. The molecule has 0 aliphatic carbocycles. The Hall–Kier alpha value is -1.39. The molecule has 0 saturated carbocycles. The van der Waals surface area contributed by atoms with Gasteiger partial charge in [0.2, 0.25) is 0 Å². The van der Waals surface area contributed by atoms with Crippen LogP contribution in [0.4, 0.5) is 0 Å². The lowest BCUT2D eigenvalue weighted by molar-refractivity contribution is -0.137. The zero-order chi connectivity index (χ0) is 16.0. The highest BCUT2D eigenvalue weighted by atomic mass is 35.5. The average molecular weight is 312 g/mol. The van der Waals surface area contributed by atoms with Gasteiger partial charge in [0.1, 0.15) is 0 Å². The molecule has 1 atom stereocenters. The van der Waals surface area contributed by atoms with E-state index in [1.807, 2.05) is 20.8 Å². The first-order chi connectivity index (χ1) is 9.88. The molecule has 5 heteroatoms. The Morgan fingerprint density at radius 2 is 1.90 bits per heavy atom. The van der Waals surface area contributed by atoms with Gasteiger partial charge in [0.15, 0.2) is 5.78 Å². The van der Waals surface area contributed by atoms with Gasteiger partial charge in [-0.1, -0.05) is 25.4 Å². The van der Waals surface area contributed by atoms with Gasteiger partial charge in [0, 0.05) is 23.0 Å². The molecule has 1 rings (SSSR count). The topological polar surface area (TPSA) is 57.6 Å². The van der Waals surface area contributed by atoms with Crippen molar-refractivity contribution in [2.45, 2.75) is 27.2 Å². The van der Waals surface area contributed by atoms with Crippen molar-refractivity contribution in [3.63, 3.8) is 0 Å². The molecule has 1 N–H and O–H groups in total. The van der Waals surface area contributed by atoms with E-state index < -0.39 is 11.9 Å². The maximum atomic E-state index is 12.6. The second-order valence-corrected chi connectivity index (χ2v) is 5.52. The molecular formula is C16H22ClNO3. The van der Waals surface area contributed by atoms with Crippen molar-refractivity contribution in [3.05, 3.63) is 34.3 Å². The number of rotatable bonds is 8. The minimum absolute atomic E-state index is 0.135. The molecule has 4 nitrogen and oxygen atoms in total. The van der Waals surface area contributed by atoms with Gasteiger partial charge in [-0.15, -0.1) is 0 Å². The molecule has 0 heterocycles. The number of Topliss-reactive ketones (excluding diaryl/α,β-unsaturated/α-hetero) is 1. The van der Waals surface area contributed by atoms with Crippen LogP contribution in [0.5, 0.6) is 0 Å². The number of halogens is 1. The minimum atomic E-state index is -0.953. The molecule has 0 aromatic heterocycles. The summed E-state index contributed by atoms with van der Waals surface area (Å²) in [6, 6.07) is 5.07. The van der Waals surface area contributed by atoms with Crippen LogP contribution in [-0.4, -0.2) is 41.4 Å². The maximum Gasteiger partial charge on any atom is 0.304 e. The molecule has 0 amide bonds. The van der Waals surface area contributed by atoms with Crippen molar-refractivity contribution in [3.8, 4) is 0 Å². The molecule has 0 bridgehead atoms. The fourth-order valence-corrected chi connectivity index (χ4v) is 2.40. The van der Waals surface area contributed by atoms with E-state index in [1.165, 1.54) is 0 Å². The van der Waals surface area contributed by atoms with Crippen LogP contribution in [0.15, 0.2) is 18.2 Å². The normalized spacial score (nSPS) is 12.4. The Morgan fingerprint density at radius 1 is 1.29 bits per heavy atom. The molecular weight excluding hydrogens is 290 g/mol. The predicted molar refractivity (Wildman–Crippen MR) is 84.1 cm³/mol. The summed E-state index contributed by atoms with van der Waals surface area (Å²) in [6.07, 6.45) is -0.156. The first-order valence-electron chi connectivity index (χ1n) is 7.13. The number of hydrogen-bond acceptors (Lipinski definition) is 3. The molecule has 0 saturated heterocycles. The third-order valence-corrected chi connectivity index (χ3v) is 4.03. The Morgan fingerprint density at radius 3 is 2.38 bits per heavy atom. The lowest BCUT2D eigenvalue weighted by Gasteiger charge is -2.23. The molecule has 21 heavy (non-hydrogen) atoms. The Kier molecular flexibility index (Phi) is 6.85. The van der Waals surface area contributed by atoms with Crippen molar-refractivity contribution in [1.29, 1.82) is 0 Å². The van der Waals surface area contributed by atoms with E-state index in [2.05, 4.69) is 4.90 Å². The van der Waals surface area contributed by atoms with Gasteiger partial charge in [0.25, 0.3) is 0 Å². The summed E-state index contributed by atoms with van der Waals surface area (Å²) in [6.45, 7) is 7.87. The molecule has 0 aliphatic rings. The summed E-state index contributed by atoms with van der Waals surface area (Å²) in [7, 11) is 0. The standard InChI is InChI=1S/C16H22ClNO3/c1-4-18(5-2)10-13(9-15(19)20)16(21)12-6-7-14(17)11(3)8-12/h6-8,13H,4-5,9-10H2,1-3H3,(H,19,20). The van der Waals surface area contributed by atoms with Crippen LogP contribution in [0.3, 0.4) is 0 Å². The van der Waals surface area contributed by atoms with Crippen molar-refractivity contribution in [2.24, 2.45) is 5.92 Å². The Labute approximate surface area is 130 Å². The molecule has 1 aromatic carbocycles. The van der Waals surface area contributed by atoms with Crippen molar-refractivity contribution >= 4 is 23.4 Å². The number of hydrogen-bond donors (Lipinski definition) is 1. The predicted octanol–water partition coefficient (Wildman–Crippen LogP) is 3.26. The van der Waals surface area contributed by atoms with E-state index in [4.69, 9.17) is 16.7 Å². The van der Waals surface area contributed by atoms with E-state index in [0.29, 0.717) is 17.1 Å². The fraction of sp³-hybridized carbons (Fsp3) is 0.500. The van der Waals surface area contributed by atoms with E-state index in [0.717, 1.165) is 18.7 Å². The maximum absolute atomic E-state index is 12.6. The van der Waals surface area contributed by atoms with Gasteiger partial charge in [-0.25, -0.2) is 0 Å². The lowest BCUT2D eigenvalue weighted by atomic mass is 9.93. The molecule has 0 fully saturated rings. The fourth-order valence-electron chi connectivity index (χ4n) is 2.28. The first-order valence-corrected chi connectivity index (χ1v) is 7.51. The summed E-state index contributed by atoms with van der Waals surface area (Å²) in [4.78, 5) is 25.7. The number of nitrogens with zero attached hydrogens (tertiary/aromatic N) is 1. The van der Waals surface area contributed by atoms with E-state index in [9.17, 15) is 9.59 Å². The minimum Gasteiger partial charge on any atom is -0.481 e. The van der Waals surface area contributed by atoms with Crippen LogP contribution in [0.1, 0.15) is 36.2 Å². The number of aryl methyl sites for hydroxylation is 1. The van der Waals surface area contributed by atoms with Gasteiger partial charge in [-0.05, 0) is 43.8 Å². The summed E-state index contributed by atoms with van der Waals surface area (Å²) in [5.41, 5.74) is 1.34. The zero-order valence-corrected chi connectivity index (χ0v) is 13.5. The quantitative estimate of drug-likeness (QED) is 0.749. The van der Waals surface area contributed by atoms with E-state index in [-0.39, 0.29) is 12.2 Å². The van der Waals surface area contributed by atoms with Gasteiger partial charge < -0.3 is 10.0 Å². The van der Waals surface area contributed by atoms with Crippen LogP contribution in [0.25, 0.3) is 0 Å². The summed E-state index contributed by atoms with van der Waals surface area (Å²) in [5.74, 6) is -1.63. The van der Waals surface area contributed by atoms with Crippen molar-refractivity contribution in [2.75, 3.05) is 19.6 Å². The summed E-state index contributed by atoms with van der Waals surface area (Å²) in [5, 5.41) is 9.65. The van der Waals surface area contributed by atoms with Crippen LogP contribution in [-0.2, 0) is 4.79 Å². The average Bonchev–Trinajstić information content (AvgIpc) is 2.45. The number of carbonyl (C=O) groups excluding carboxylic acids is 1. The number of carbonyl (C=O) groups is 2. The number of carboxylic acids is 1. The molecule has 0 aliphatic heterocycles. The zero-order valence-electron chi connectivity index (χ0n) is 12.7. The number of ketones is 1. The molecule has 0 spiro atoms. The Bertz CT molecular complexity index is 512. The number of aliphatic carboxylic acids is 1. The van der Waals surface area contributed by atoms with Gasteiger partial charge in [0.05, 0.1) is 6.42 Å². The van der Waals surface area contributed by atoms with Gasteiger partial charge >= 0.3 is 5.97 Å². The molecule has 116 valence electrons. The largest absolute Gasteiger partial charge is 0.481 e. The smallest absolute Gasteiger partial charge is 0.304 e. The Balaban J connectivity index is 2.97. The lowest BCUT2D eigenvalue weighted by Crippen LogP contribution is -2.34. The van der Waals surface area contributed by atoms with Crippen molar-refractivity contribution < 1.29 is 14.7 Å². The summed E-state index contributed by atoms with van der Waals surface area (Å²) >= 11 is 5.96. The second kappa shape index (κ2) is 8.15. The van der Waals surface area contributed by atoms with Crippen molar-refractivity contribution in [1.82, 2.24) is 4.90 Å². The second-order valence-electron chi connectivity index (χ2n) is 5.11. The highest BCUT2D eigenvalue weighted by Crippen LogP contribution is 2.20. The monoisotopic (exact) mass is 311 g/mol. The van der Waals surface area contributed by atoms with Gasteiger partial charge in [-0.3, -0.25) is 9.59 Å². The van der Waals surface area contributed by atoms with Crippen LogP contribution < -0.4 is 0 Å². The third-order valence-electron chi connectivity index (χ3n) is 3.61. The molecule has 1 unspecified atom stereocenters. The number of carboxylic acid groups (broad SMARTS) is 1. The van der Waals surface area contributed by atoms with Crippen LogP contribution >= 0.6 is 11.6 Å². The van der Waals surface area contributed by atoms with Crippen LogP contribution in [0, 0.1) is 12.8 Å². The van der Waals surface area contributed by atoms with E-state index in [1.54, 1.807) is 18.2 Å². The number of benzene rings is 1. The van der Waals surface area contributed by atoms with E-state index >= 15 is 0 Å². The first kappa shape index (κ1) is 17.7. The van der Waals surface area contributed by atoms with Gasteiger partial charge in [-0.2, -0.15) is 0 Å².